The topological polar surface area (TPSA) is 108 Å². The minimum atomic E-state index is -1.38. The fraction of sp³-hybridized carbons (Fsp3) is 0.312. The van der Waals surface area contributed by atoms with Gasteiger partial charge in [0, 0.05) is 5.57 Å². The number of amides is 2. The van der Waals surface area contributed by atoms with Crippen molar-refractivity contribution < 1.29 is 53.8 Å². The number of ether oxygens (including phenoxy) is 1. The molecule has 1 aromatic carbocycles. The van der Waals surface area contributed by atoms with Gasteiger partial charge in [0.25, 0.3) is 0 Å². The summed E-state index contributed by atoms with van der Waals surface area (Å²) in [6, 6.07) is 7.04. The molecule has 0 saturated heterocycles. The Labute approximate surface area is 162 Å². The van der Waals surface area contributed by atoms with Crippen LogP contribution in [-0.2, 0) is 20.7 Å². The molecule has 1 unspecified atom stereocenters. The second-order valence-electron chi connectivity index (χ2n) is 4.88. The number of carbonyl (C=O) groups is 3. The number of rotatable bonds is 8. The molecule has 0 aliphatic rings. The molecule has 0 spiro atoms. The molecule has 24 heavy (non-hydrogen) atoms. The van der Waals surface area contributed by atoms with Crippen LogP contribution in [-0.4, -0.2) is 37.2 Å². The zero-order valence-electron chi connectivity index (χ0n) is 13.8. The van der Waals surface area contributed by atoms with E-state index in [0.717, 1.165) is 5.56 Å². The van der Waals surface area contributed by atoms with Gasteiger partial charge in [0.2, 0.25) is 0 Å². The van der Waals surface area contributed by atoms with E-state index in [1.54, 1.807) is 24.3 Å². The Hall–Kier alpha value is -1.83. The molecule has 0 bridgehead atoms. The Bertz CT molecular complexity index is 577. The van der Waals surface area contributed by atoms with Gasteiger partial charge in [0.1, 0.15) is 6.61 Å². The van der Waals surface area contributed by atoms with E-state index in [1.807, 2.05) is 6.07 Å². The molecule has 1 aromatic rings. The van der Waals surface area contributed by atoms with E-state index in [-0.39, 0.29) is 54.7 Å². The number of aliphatic carboxylic acids is 1. The van der Waals surface area contributed by atoms with Crippen LogP contribution in [0.1, 0.15) is 12.5 Å². The number of carboxylic acid groups (broad SMARTS) is 1. The van der Waals surface area contributed by atoms with Gasteiger partial charge in [-0.2, -0.15) is 0 Å². The summed E-state index contributed by atoms with van der Waals surface area (Å²) in [5, 5.41) is 15.8. The van der Waals surface area contributed by atoms with Gasteiger partial charge in [0.05, 0.1) is 18.6 Å². The standard InChI is InChI=1S/C16H20N2O5.Na/c1-11(2)15(21)23-9-8-17-16(22)18-13(14(19)20)10-12-6-4-3-5-7-12;/h3-7,13H,1,8-10H2,2H3,(H,19,20)(H2,17,18,22);/q;+1/p-1. The summed E-state index contributed by atoms with van der Waals surface area (Å²) in [6.45, 7) is 4.95. The fourth-order valence-electron chi connectivity index (χ4n) is 1.68. The monoisotopic (exact) mass is 342 g/mol. The zero-order valence-corrected chi connectivity index (χ0v) is 15.8. The first-order valence-corrected chi connectivity index (χ1v) is 7.02. The van der Waals surface area contributed by atoms with Crippen LogP contribution in [0.15, 0.2) is 42.5 Å². The Balaban J connectivity index is 0.00000529. The Morgan fingerprint density at radius 1 is 1.25 bits per heavy atom. The second kappa shape index (κ2) is 11.7. The smallest absolute Gasteiger partial charge is 0.548 e. The third-order valence-corrected chi connectivity index (χ3v) is 2.84. The number of esters is 1. The first-order chi connectivity index (χ1) is 10.9. The third kappa shape index (κ3) is 8.71. The van der Waals surface area contributed by atoms with Crippen molar-refractivity contribution in [1.82, 2.24) is 10.6 Å². The molecule has 124 valence electrons. The summed E-state index contributed by atoms with van der Waals surface area (Å²) in [6.07, 6.45) is 0.112. The predicted octanol–water partition coefficient (Wildman–Crippen LogP) is -3.23. The maximum atomic E-state index is 11.7. The van der Waals surface area contributed by atoms with Crippen LogP contribution in [0.3, 0.4) is 0 Å². The summed E-state index contributed by atoms with van der Waals surface area (Å²) >= 11 is 0. The Kier molecular flexibility index (Phi) is 10.8. The molecule has 8 heteroatoms. The summed E-state index contributed by atoms with van der Waals surface area (Å²) in [7, 11) is 0. The second-order valence-corrected chi connectivity index (χ2v) is 4.88. The number of hydrogen-bond donors (Lipinski definition) is 2. The number of carboxylic acids is 1. The minimum Gasteiger partial charge on any atom is -0.548 e. The van der Waals surface area contributed by atoms with Crippen molar-refractivity contribution in [3.8, 4) is 0 Å². The number of nitrogens with one attached hydrogen (secondary N) is 2. The number of carbonyl (C=O) groups excluding carboxylic acids is 3. The van der Waals surface area contributed by atoms with Crippen molar-refractivity contribution in [3.05, 3.63) is 48.0 Å². The number of benzene rings is 1. The average molecular weight is 342 g/mol. The van der Waals surface area contributed by atoms with Gasteiger partial charge >= 0.3 is 41.6 Å². The molecule has 0 saturated carbocycles. The van der Waals surface area contributed by atoms with Gasteiger partial charge in [0.15, 0.2) is 0 Å². The van der Waals surface area contributed by atoms with Gasteiger partial charge in [-0.1, -0.05) is 36.9 Å². The average Bonchev–Trinajstić information content (AvgIpc) is 2.51. The predicted molar refractivity (Wildman–Crippen MR) is 81.2 cm³/mol. The van der Waals surface area contributed by atoms with Crippen LogP contribution in [0.5, 0.6) is 0 Å². The van der Waals surface area contributed by atoms with Crippen LogP contribution in [0.4, 0.5) is 4.79 Å². The van der Waals surface area contributed by atoms with Crippen molar-refractivity contribution in [2.45, 2.75) is 19.4 Å². The molecular weight excluding hydrogens is 323 g/mol. The maximum Gasteiger partial charge on any atom is 1.00 e. The number of hydrogen-bond acceptors (Lipinski definition) is 5. The van der Waals surface area contributed by atoms with E-state index in [9.17, 15) is 19.5 Å². The van der Waals surface area contributed by atoms with Gasteiger partial charge in [-0.3, -0.25) is 0 Å². The van der Waals surface area contributed by atoms with E-state index >= 15 is 0 Å². The molecule has 7 nitrogen and oxygen atoms in total. The molecule has 2 amide bonds. The SMILES string of the molecule is C=C(C)C(=O)OCCNC(=O)NC(Cc1ccccc1)C(=O)[O-].[Na+]. The van der Waals surface area contributed by atoms with Crippen molar-refractivity contribution in [2.75, 3.05) is 13.2 Å². The normalized spacial score (nSPS) is 10.7. The summed E-state index contributed by atoms with van der Waals surface area (Å²) in [4.78, 5) is 33.9. The van der Waals surface area contributed by atoms with Gasteiger partial charge in [-0.25, -0.2) is 9.59 Å². The summed E-state index contributed by atoms with van der Waals surface area (Å²) in [5.41, 5.74) is 1.02. The Morgan fingerprint density at radius 2 is 1.88 bits per heavy atom. The fourth-order valence-corrected chi connectivity index (χ4v) is 1.68. The van der Waals surface area contributed by atoms with Crippen LogP contribution >= 0.6 is 0 Å². The molecule has 1 rings (SSSR count). The summed E-state index contributed by atoms with van der Waals surface area (Å²) < 4.78 is 4.79. The van der Waals surface area contributed by atoms with Gasteiger partial charge in [-0.15, -0.1) is 0 Å². The van der Waals surface area contributed by atoms with Crippen molar-refractivity contribution in [2.24, 2.45) is 0 Å². The molecular formula is C16H19N2NaO5. The van der Waals surface area contributed by atoms with E-state index in [0.29, 0.717) is 0 Å². The van der Waals surface area contributed by atoms with Crippen LogP contribution in [0, 0.1) is 0 Å². The minimum absolute atomic E-state index is 0. The maximum absolute atomic E-state index is 11.7. The van der Waals surface area contributed by atoms with Crippen LogP contribution in [0.2, 0.25) is 0 Å². The van der Waals surface area contributed by atoms with Gasteiger partial charge < -0.3 is 25.3 Å². The van der Waals surface area contributed by atoms with E-state index in [1.165, 1.54) is 6.92 Å². The Morgan fingerprint density at radius 3 is 2.42 bits per heavy atom. The zero-order chi connectivity index (χ0) is 17.2. The molecule has 0 aliphatic heterocycles. The van der Waals surface area contributed by atoms with Gasteiger partial charge in [-0.05, 0) is 18.9 Å². The summed E-state index contributed by atoms with van der Waals surface area (Å²) in [5.74, 6) is -1.93. The van der Waals surface area contributed by atoms with E-state index in [4.69, 9.17) is 4.74 Å². The molecule has 0 aliphatic carbocycles. The molecule has 0 aromatic heterocycles. The van der Waals surface area contributed by atoms with E-state index < -0.39 is 24.0 Å². The molecule has 2 N–H and O–H groups in total. The van der Waals surface area contributed by atoms with Crippen molar-refractivity contribution in [1.29, 1.82) is 0 Å². The van der Waals surface area contributed by atoms with Crippen molar-refractivity contribution >= 4 is 18.0 Å². The first kappa shape index (κ1) is 22.2. The van der Waals surface area contributed by atoms with E-state index in [2.05, 4.69) is 17.2 Å². The quantitative estimate of drug-likeness (QED) is 0.224. The molecule has 0 fully saturated rings. The van der Waals surface area contributed by atoms with Crippen LogP contribution < -0.4 is 45.3 Å². The van der Waals surface area contributed by atoms with Crippen molar-refractivity contribution in [3.63, 3.8) is 0 Å². The number of urea groups is 1. The largest absolute Gasteiger partial charge is 1.00 e. The first-order valence-electron chi connectivity index (χ1n) is 7.02. The third-order valence-electron chi connectivity index (χ3n) is 2.84. The van der Waals surface area contributed by atoms with Crippen LogP contribution in [0.25, 0.3) is 0 Å². The molecule has 0 radical (unpaired) electrons. The molecule has 1 atom stereocenters. The molecule has 0 heterocycles.